The van der Waals surface area contributed by atoms with Crippen molar-refractivity contribution in [3.8, 4) is 5.75 Å². The molecule has 0 unspecified atom stereocenters. The Labute approximate surface area is 169 Å². The first kappa shape index (κ1) is 20.3. The lowest BCUT2D eigenvalue weighted by atomic mass is 9.92. The van der Waals surface area contributed by atoms with Crippen LogP contribution >= 0.6 is 0 Å². The van der Waals surface area contributed by atoms with E-state index >= 15 is 0 Å². The number of benzene rings is 2. The number of rotatable bonds is 8. The van der Waals surface area contributed by atoms with Crippen LogP contribution in [-0.4, -0.2) is 35.8 Å². The van der Waals surface area contributed by atoms with Crippen LogP contribution in [0.15, 0.2) is 48.5 Å². The van der Waals surface area contributed by atoms with E-state index in [4.69, 9.17) is 4.74 Å². The first-order chi connectivity index (χ1) is 14.0. The van der Waals surface area contributed by atoms with Gasteiger partial charge in [-0.1, -0.05) is 43.7 Å². The number of hydrogen-bond acceptors (Lipinski definition) is 5. The fourth-order valence-electron chi connectivity index (χ4n) is 3.11. The zero-order chi connectivity index (χ0) is 20.8. The molecule has 2 aromatic carbocycles. The van der Waals surface area contributed by atoms with Gasteiger partial charge in [-0.15, -0.1) is 0 Å². The maximum Gasteiger partial charge on any atom is 0.261 e. The van der Waals surface area contributed by atoms with Crippen molar-refractivity contribution >= 4 is 29.4 Å². The molecule has 29 heavy (non-hydrogen) atoms. The molecule has 0 saturated carbocycles. The molecule has 6 heteroatoms. The van der Waals surface area contributed by atoms with Crippen LogP contribution in [0.25, 0.3) is 11.6 Å². The van der Waals surface area contributed by atoms with Crippen molar-refractivity contribution in [3.05, 3.63) is 65.2 Å². The van der Waals surface area contributed by atoms with Gasteiger partial charge in [0, 0.05) is 30.1 Å². The Morgan fingerprint density at radius 1 is 1.03 bits per heavy atom. The summed E-state index contributed by atoms with van der Waals surface area (Å²) in [4.78, 5) is 37.4. The minimum Gasteiger partial charge on any atom is -0.550 e. The Morgan fingerprint density at radius 3 is 2.38 bits per heavy atom. The zero-order valence-corrected chi connectivity index (χ0v) is 16.2. The lowest BCUT2D eigenvalue weighted by Gasteiger charge is -2.28. The molecule has 1 aliphatic rings. The number of fused-ring (bicyclic) bond motifs is 1. The van der Waals surface area contributed by atoms with Crippen LogP contribution in [0.1, 0.15) is 47.7 Å². The maximum absolute atomic E-state index is 13.0. The topological polar surface area (TPSA) is 86.7 Å². The Balaban J connectivity index is 1.91. The predicted octanol–water partition coefficient (Wildman–Crippen LogP) is 2.53. The number of nitrogens with zero attached hydrogens (tertiary/aromatic N) is 1. The van der Waals surface area contributed by atoms with Crippen LogP contribution in [0.3, 0.4) is 0 Å². The third-order valence-electron chi connectivity index (χ3n) is 4.67. The first-order valence-electron chi connectivity index (χ1n) is 9.61. The molecule has 2 amide bonds. The SMILES string of the molecule is CCCCOc1ccc(/C=C2\C(=O)N(CCC(=O)[O-])C(=O)c3ccccc32)cc1. The van der Waals surface area contributed by atoms with E-state index < -0.39 is 24.2 Å². The Bertz CT molecular complexity index is 946. The number of carboxylic acids is 1. The van der Waals surface area contributed by atoms with Gasteiger partial charge in [0.15, 0.2) is 0 Å². The average molecular weight is 392 g/mol. The summed E-state index contributed by atoms with van der Waals surface area (Å²) >= 11 is 0. The molecule has 0 spiro atoms. The Morgan fingerprint density at radius 2 is 1.72 bits per heavy atom. The van der Waals surface area contributed by atoms with E-state index in [9.17, 15) is 19.5 Å². The lowest BCUT2D eigenvalue weighted by molar-refractivity contribution is -0.305. The highest BCUT2D eigenvalue weighted by atomic mass is 16.5. The summed E-state index contributed by atoms with van der Waals surface area (Å²) in [5, 5.41) is 10.8. The molecule has 1 heterocycles. The normalized spacial score (nSPS) is 14.8. The van der Waals surface area contributed by atoms with Gasteiger partial charge in [-0.2, -0.15) is 0 Å². The second kappa shape index (κ2) is 9.19. The third kappa shape index (κ3) is 4.71. The summed E-state index contributed by atoms with van der Waals surface area (Å²) in [5.41, 5.74) is 2.03. The summed E-state index contributed by atoms with van der Waals surface area (Å²) in [6.07, 6.45) is 3.33. The standard InChI is InChI=1S/C23H23NO5/c1-2-3-14-29-17-10-8-16(9-11-17)15-20-18-6-4-5-7-19(18)22(27)24(23(20)28)13-12-21(25)26/h4-11,15H,2-3,12-14H2,1H3,(H,25,26)/p-1/b20-15-. The highest BCUT2D eigenvalue weighted by Gasteiger charge is 2.34. The van der Waals surface area contributed by atoms with Crippen LogP contribution in [-0.2, 0) is 9.59 Å². The van der Waals surface area contributed by atoms with Gasteiger partial charge >= 0.3 is 0 Å². The van der Waals surface area contributed by atoms with Gasteiger partial charge in [-0.05, 0) is 41.8 Å². The van der Waals surface area contributed by atoms with E-state index in [2.05, 4.69) is 6.92 Å². The van der Waals surface area contributed by atoms with Crippen molar-refractivity contribution in [1.29, 1.82) is 0 Å². The maximum atomic E-state index is 13.0. The van der Waals surface area contributed by atoms with Crippen molar-refractivity contribution in [3.63, 3.8) is 0 Å². The third-order valence-corrected chi connectivity index (χ3v) is 4.67. The summed E-state index contributed by atoms with van der Waals surface area (Å²) in [7, 11) is 0. The first-order valence-corrected chi connectivity index (χ1v) is 9.61. The highest BCUT2D eigenvalue weighted by Crippen LogP contribution is 2.30. The number of carbonyl (C=O) groups excluding carboxylic acids is 3. The number of unbranched alkanes of at least 4 members (excludes halogenated alkanes) is 1. The number of aliphatic carboxylic acids is 1. The number of carboxylic acid groups (broad SMARTS) is 1. The molecular formula is C23H22NO5-. The fourth-order valence-corrected chi connectivity index (χ4v) is 3.11. The molecule has 3 rings (SSSR count). The van der Waals surface area contributed by atoms with Crippen molar-refractivity contribution in [1.82, 2.24) is 4.90 Å². The highest BCUT2D eigenvalue weighted by molar-refractivity contribution is 6.33. The summed E-state index contributed by atoms with van der Waals surface area (Å²) in [6, 6.07) is 14.2. The van der Waals surface area contributed by atoms with Crippen LogP contribution in [0, 0.1) is 0 Å². The molecule has 0 N–H and O–H groups in total. The summed E-state index contributed by atoms with van der Waals surface area (Å²) in [6.45, 7) is 2.52. The molecule has 2 aromatic rings. The fraction of sp³-hybridized carbons (Fsp3) is 0.261. The van der Waals surface area contributed by atoms with E-state index in [-0.39, 0.29) is 6.54 Å². The Hall–Kier alpha value is -3.41. The number of carbonyl (C=O) groups is 3. The van der Waals surface area contributed by atoms with E-state index in [0.29, 0.717) is 23.3 Å². The second-order valence-electron chi connectivity index (χ2n) is 6.76. The summed E-state index contributed by atoms with van der Waals surface area (Å²) in [5.74, 6) is -1.57. The molecule has 0 bridgehead atoms. The van der Waals surface area contributed by atoms with Gasteiger partial charge < -0.3 is 14.6 Å². The van der Waals surface area contributed by atoms with E-state index in [1.54, 1.807) is 30.3 Å². The van der Waals surface area contributed by atoms with E-state index in [0.717, 1.165) is 29.1 Å². The van der Waals surface area contributed by atoms with Crippen LogP contribution in [0.5, 0.6) is 5.75 Å². The molecule has 0 atom stereocenters. The molecule has 150 valence electrons. The van der Waals surface area contributed by atoms with Crippen LogP contribution < -0.4 is 9.84 Å². The Kier molecular flexibility index (Phi) is 6.44. The minimum atomic E-state index is -1.31. The lowest BCUT2D eigenvalue weighted by Crippen LogP contribution is -2.43. The zero-order valence-electron chi connectivity index (χ0n) is 16.2. The number of amides is 2. The van der Waals surface area contributed by atoms with E-state index in [1.807, 2.05) is 24.3 Å². The largest absolute Gasteiger partial charge is 0.550 e. The van der Waals surface area contributed by atoms with Gasteiger partial charge in [0.05, 0.1) is 6.61 Å². The van der Waals surface area contributed by atoms with Crippen molar-refractivity contribution in [2.75, 3.05) is 13.2 Å². The number of hydrogen-bond donors (Lipinski definition) is 0. The minimum absolute atomic E-state index is 0.226. The van der Waals surface area contributed by atoms with Crippen molar-refractivity contribution in [2.45, 2.75) is 26.2 Å². The van der Waals surface area contributed by atoms with Gasteiger partial charge in [0.25, 0.3) is 11.8 Å². The second-order valence-corrected chi connectivity index (χ2v) is 6.76. The van der Waals surface area contributed by atoms with Crippen LogP contribution in [0.2, 0.25) is 0 Å². The molecule has 0 radical (unpaired) electrons. The smallest absolute Gasteiger partial charge is 0.261 e. The molecular weight excluding hydrogens is 370 g/mol. The quantitative estimate of drug-likeness (QED) is 0.391. The molecule has 0 saturated heterocycles. The monoisotopic (exact) mass is 392 g/mol. The predicted molar refractivity (Wildman–Crippen MR) is 107 cm³/mol. The molecule has 0 aromatic heterocycles. The molecule has 0 fully saturated rings. The van der Waals surface area contributed by atoms with Crippen LogP contribution in [0.4, 0.5) is 0 Å². The van der Waals surface area contributed by atoms with Crippen molar-refractivity contribution in [2.24, 2.45) is 0 Å². The summed E-state index contributed by atoms with van der Waals surface area (Å²) < 4.78 is 5.65. The number of imide groups is 1. The van der Waals surface area contributed by atoms with Gasteiger partial charge in [-0.3, -0.25) is 14.5 Å². The molecule has 1 aliphatic heterocycles. The number of ether oxygens (including phenoxy) is 1. The molecule has 0 aliphatic carbocycles. The van der Waals surface area contributed by atoms with Gasteiger partial charge in [0.1, 0.15) is 5.75 Å². The van der Waals surface area contributed by atoms with Gasteiger partial charge in [-0.25, -0.2) is 0 Å². The average Bonchev–Trinajstić information content (AvgIpc) is 2.72. The molecule has 6 nitrogen and oxygen atoms in total. The van der Waals surface area contributed by atoms with E-state index in [1.165, 1.54) is 0 Å². The van der Waals surface area contributed by atoms with Crippen molar-refractivity contribution < 1.29 is 24.2 Å². The van der Waals surface area contributed by atoms with Gasteiger partial charge in [0.2, 0.25) is 0 Å².